The number of nitrogens with zero attached hydrogens (tertiary/aromatic N) is 3. The van der Waals surface area contributed by atoms with E-state index in [2.05, 4.69) is 4.98 Å². The van der Waals surface area contributed by atoms with Crippen molar-refractivity contribution >= 4 is 17.5 Å². The highest BCUT2D eigenvalue weighted by molar-refractivity contribution is 6.00. The molecule has 3 rings (SSSR count). The third-order valence-corrected chi connectivity index (χ3v) is 4.69. The summed E-state index contributed by atoms with van der Waals surface area (Å²) in [5.74, 6) is 0.636. The van der Waals surface area contributed by atoms with E-state index < -0.39 is 6.04 Å². The van der Waals surface area contributed by atoms with Crippen LogP contribution in [-0.2, 0) is 16.0 Å². The average molecular weight is 353 g/mol. The van der Waals surface area contributed by atoms with Gasteiger partial charge in [-0.05, 0) is 37.1 Å². The SMILES string of the molecule is COc1cccc(N2CCN(C(=O)CCc3cccnc3)C(C)C2=O)c1. The number of carbonyl (C=O) groups excluding carboxylic acids is 2. The van der Waals surface area contributed by atoms with E-state index in [0.29, 0.717) is 31.7 Å². The molecule has 6 heteroatoms. The minimum absolute atomic E-state index is 0.00000436. The second-order valence-electron chi connectivity index (χ2n) is 6.32. The standard InChI is InChI=1S/C20H23N3O3/c1-15-20(25)23(17-6-3-7-18(13-17)26-2)12-11-22(15)19(24)9-8-16-5-4-10-21-14-16/h3-7,10,13-15H,8-9,11-12H2,1-2H3. The van der Waals surface area contributed by atoms with E-state index in [0.717, 1.165) is 11.3 Å². The molecular formula is C20H23N3O3. The molecule has 26 heavy (non-hydrogen) atoms. The fourth-order valence-electron chi connectivity index (χ4n) is 3.19. The minimum atomic E-state index is -0.476. The van der Waals surface area contributed by atoms with Crippen molar-refractivity contribution in [1.82, 2.24) is 9.88 Å². The van der Waals surface area contributed by atoms with Crippen molar-refractivity contribution in [2.45, 2.75) is 25.8 Å². The van der Waals surface area contributed by atoms with Crippen LogP contribution in [0.3, 0.4) is 0 Å². The number of rotatable bonds is 5. The van der Waals surface area contributed by atoms with Crippen LogP contribution in [0, 0.1) is 0 Å². The molecule has 6 nitrogen and oxygen atoms in total. The highest BCUT2D eigenvalue weighted by Crippen LogP contribution is 2.25. The van der Waals surface area contributed by atoms with Crippen LogP contribution in [0.15, 0.2) is 48.8 Å². The predicted molar refractivity (Wildman–Crippen MR) is 99.1 cm³/mol. The van der Waals surface area contributed by atoms with E-state index in [1.54, 1.807) is 36.2 Å². The van der Waals surface area contributed by atoms with Crippen LogP contribution >= 0.6 is 0 Å². The van der Waals surface area contributed by atoms with Gasteiger partial charge in [0.2, 0.25) is 11.8 Å². The van der Waals surface area contributed by atoms with Crippen molar-refractivity contribution in [3.05, 3.63) is 54.4 Å². The van der Waals surface area contributed by atoms with Gasteiger partial charge >= 0.3 is 0 Å². The Kier molecular flexibility index (Phi) is 5.51. The number of aromatic nitrogens is 1. The van der Waals surface area contributed by atoms with Crippen LogP contribution in [0.1, 0.15) is 18.9 Å². The topological polar surface area (TPSA) is 62.7 Å². The summed E-state index contributed by atoms with van der Waals surface area (Å²) in [6.07, 6.45) is 4.48. The van der Waals surface area contributed by atoms with Gasteiger partial charge in [-0.3, -0.25) is 14.6 Å². The Morgan fingerprint density at radius 1 is 1.27 bits per heavy atom. The van der Waals surface area contributed by atoms with Crippen molar-refractivity contribution in [2.24, 2.45) is 0 Å². The van der Waals surface area contributed by atoms with E-state index in [-0.39, 0.29) is 11.8 Å². The number of aryl methyl sites for hydroxylation is 1. The average Bonchev–Trinajstić information content (AvgIpc) is 2.69. The van der Waals surface area contributed by atoms with Crippen LogP contribution in [0.2, 0.25) is 0 Å². The second kappa shape index (κ2) is 7.99. The molecule has 136 valence electrons. The summed E-state index contributed by atoms with van der Waals surface area (Å²) in [7, 11) is 1.60. The van der Waals surface area contributed by atoms with Crippen molar-refractivity contribution in [2.75, 3.05) is 25.1 Å². The summed E-state index contributed by atoms with van der Waals surface area (Å²) in [4.78, 5) is 32.8. The van der Waals surface area contributed by atoms with Crippen LogP contribution in [0.5, 0.6) is 5.75 Å². The lowest BCUT2D eigenvalue weighted by Crippen LogP contribution is -2.57. The smallest absolute Gasteiger partial charge is 0.249 e. The second-order valence-corrected chi connectivity index (χ2v) is 6.32. The van der Waals surface area contributed by atoms with Gasteiger partial charge in [-0.1, -0.05) is 12.1 Å². The summed E-state index contributed by atoms with van der Waals surface area (Å²) >= 11 is 0. The third-order valence-electron chi connectivity index (χ3n) is 4.69. The molecule has 2 aromatic rings. The number of hydrogen-bond acceptors (Lipinski definition) is 4. The molecule has 1 atom stereocenters. The molecular weight excluding hydrogens is 330 g/mol. The number of anilines is 1. The molecule has 0 N–H and O–H groups in total. The van der Waals surface area contributed by atoms with Gasteiger partial charge in [-0.2, -0.15) is 0 Å². The summed E-state index contributed by atoms with van der Waals surface area (Å²) in [6.45, 7) is 2.79. The van der Waals surface area contributed by atoms with Crippen molar-refractivity contribution < 1.29 is 14.3 Å². The molecule has 2 amide bonds. The van der Waals surface area contributed by atoms with E-state index in [4.69, 9.17) is 4.74 Å². The molecule has 1 aromatic heterocycles. The first-order chi connectivity index (χ1) is 12.6. The monoisotopic (exact) mass is 353 g/mol. The summed E-state index contributed by atoms with van der Waals surface area (Å²) in [5, 5.41) is 0. The Morgan fingerprint density at radius 3 is 2.85 bits per heavy atom. The van der Waals surface area contributed by atoms with Gasteiger partial charge in [-0.25, -0.2) is 0 Å². The van der Waals surface area contributed by atoms with Gasteiger partial charge in [0.05, 0.1) is 7.11 Å². The molecule has 2 heterocycles. The number of methoxy groups -OCH3 is 1. The van der Waals surface area contributed by atoms with E-state index in [1.165, 1.54) is 0 Å². The van der Waals surface area contributed by atoms with Gasteiger partial charge < -0.3 is 14.5 Å². The van der Waals surface area contributed by atoms with Gasteiger partial charge in [-0.15, -0.1) is 0 Å². The molecule has 0 aliphatic carbocycles. The van der Waals surface area contributed by atoms with E-state index in [9.17, 15) is 9.59 Å². The highest BCUT2D eigenvalue weighted by Gasteiger charge is 2.34. The zero-order valence-corrected chi connectivity index (χ0v) is 15.1. The molecule has 0 saturated carbocycles. The van der Waals surface area contributed by atoms with Crippen molar-refractivity contribution in [3.8, 4) is 5.75 Å². The molecule has 0 radical (unpaired) electrons. The van der Waals surface area contributed by atoms with Crippen LogP contribution in [0.4, 0.5) is 5.69 Å². The van der Waals surface area contributed by atoms with Crippen molar-refractivity contribution in [1.29, 1.82) is 0 Å². The maximum atomic E-state index is 12.8. The lowest BCUT2D eigenvalue weighted by molar-refractivity contribution is -0.140. The Morgan fingerprint density at radius 2 is 2.12 bits per heavy atom. The first-order valence-electron chi connectivity index (χ1n) is 8.74. The van der Waals surface area contributed by atoms with E-state index in [1.807, 2.05) is 36.4 Å². The van der Waals surface area contributed by atoms with Gasteiger partial charge in [0.1, 0.15) is 11.8 Å². The largest absolute Gasteiger partial charge is 0.497 e. The number of carbonyl (C=O) groups is 2. The number of pyridine rings is 1. The van der Waals surface area contributed by atoms with Crippen LogP contribution in [0.25, 0.3) is 0 Å². The Labute approximate surface area is 153 Å². The molecule has 1 aliphatic rings. The van der Waals surface area contributed by atoms with E-state index >= 15 is 0 Å². The number of piperazine rings is 1. The molecule has 1 fully saturated rings. The number of amides is 2. The van der Waals surface area contributed by atoms with Gasteiger partial charge in [0.25, 0.3) is 0 Å². The number of ether oxygens (including phenoxy) is 1. The predicted octanol–water partition coefficient (Wildman–Crippen LogP) is 2.29. The zero-order valence-electron chi connectivity index (χ0n) is 15.1. The fourth-order valence-corrected chi connectivity index (χ4v) is 3.19. The Hall–Kier alpha value is -2.89. The lowest BCUT2D eigenvalue weighted by Gasteiger charge is -2.39. The summed E-state index contributed by atoms with van der Waals surface area (Å²) in [6, 6.07) is 10.8. The molecule has 1 aromatic carbocycles. The Bertz CT molecular complexity index is 779. The van der Waals surface area contributed by atoms with Crippen LogP contribution < -0.4 is 9.64 Å². The summed E-state index contributed by atoms with van der Waals surface area (Å²) < 4.78 is 5.23. The normalized spacial score (nSPS) is 17.3. The quantitative estimate of drug-likeness (QED) is 0.827. The highest BCUT2D eigenvalue weighted by atomic mass is 16.5. The third kappa shape index (κ3) is 3.85. The maximum Gasteiger partial charge on any atom is 0.249 e. The lowest BCUT2D eigenvalue weighted by atomic mass is 10.1. The molecule has 0 spiro atoms. The fraction of sp³-hybridized carbons (Fsp3) is 0.350. The summed E-state index contributed by atoms with van der Waals surface area (Å²) in [5.41, 5.74) is 1.82. The zero-order chi connectivity index (χ0) is 18.5. The first kappa shape index (κ1) is 17.9. The molecule has 1 aliphatic heterocycles. The molecule has 1 saturated heterocycles. The number of hydrogen-bond donors (Lipinski definition) is 0. The minimum Gasteiger partial charge on any atom is -0.497 e. The molecule has 1 unspecified atom stereocenters. The first-order valence-corrected chi connectivity index (χ1v) is 8.74. The number of benzene rings is 1. The maximum absolute atomic E-state index is 12.8. The van der Waals surface area contributed by atoms with Gasteiger partial charge in [0.15, 0.2) is 0 Å². The van der Waals surface area contributed by atoms with Crippen molar-refractivity contribution in [3.63, 3.8) is 0 Å². The van der Waals surface area contributed by atoms with Crippen LogP contribution in [-0.4, -0.2) is 47.9 Å². The van der Waals surface area contributed by atoms with Gasteiger partial charge in [0, 0.05) is 43.7 Å². The molecule has 0 bridgehead atoms. The Balaban J connectivity index is 1.64.